The van der Waals surface area contributed by atoms with E-state index in [2.05, 4.69) is 65.5 Å². The average molecular weight is 450 g/mol. The van der Waals surface area contributed by atoms with Crippen molar-refractivity contribution in [2.45, 2.75) is 57.7 Å². The van der Waals surface area contributed by atoms with Crippen molar-refractivity contribution in [1.82, 2.24) is 25.1 Å². The molecule has 0 saturated heterocycles. The van der Waals surface area contributed by atoms with Gasteiger partial charge in [-0.1, -0.05) is 57.5 Å². The topological polar surface area (TPSA) is 72.7 Å². The van der Waals surface area contributed by atoms with Gasteiger partial charge in [-0.3, -0.25) is 14.3 Å². The summed E-state index contributed by atoms with van der Waals surface area (Å²) in [5.41, 5.74) is 3.20. The highest BCUT2D eigenvalue weighted by atomic mass is 32.2. The number of hydrogen-bond acceptors (Lipinski definition) is 5. The number of thioether (sulfide) groups is 1. The molecule has 2 aromatic heterocycles. The van der Waals surface area contributed by atoms with E-state index in [1.807, 2.05) is 16.7 Å². The quantitative estimate of drug-likeness (QED) is 0.518. The predicted molar refractivity (Wildman–Crippen MR) is 129 cm³/mol. The normalized spacial score (nSPS) is 20.8. The molecule has 7 heteroatoms. The van der Waals surface area contributed by atoms with E-state index in [9.17, 15) is 4.79 Å². The molecule has 6 nitrogen and oxygen atoms in total. The minimum Gasteiger partial charge on any atom is -0.352 e. The van der Waals surface area contributed by atoms with Crippen molar-refractivity contribution in [1.29, 1.82) is 0 Å². The van der Waals surface area contributed by atoms with E-state index < -0.39 is 0 Å². The Bertz CT molecular complexity index is 1030. The Labute approximate surface area is 194 Å². The molecule has 0 unspecified atom stereocenters. The van der Waals surface area contributed by atoms with Crippen molar-refractivity contribution in [3.63, 3.8) is 0 Å². The van der Waals surface area contributed by atoms with Crippen molar-refractivity contribution >= 4 is 17.7 Å². The summed E-state index contributed by atoms with van der Waals surface area (Å²) in [6, 6.07) is 12.5. The molecule has 0 aliphatic heterocycles. The van der Waals surface area contributed by atoms with Crippen LogP contribution in [0.3, 0.4) is 0 Å². The smallest absolute Gasteiger partial charge is 0.230 e. The molecule has 2 heterocycles. The van der Waals surface area contributed by atoms with Gasteiger partial charge in [0.1, 0.15) is 0 Å². The molecule has 1 aliphatic carbocycles. The van der Waals surface area contributed by atoms with Crippen LogP contribution in [-0.2, 0) is 11.2 Å². The van der Waals surface area contributed by atoms with Crippen LogP contribution in [0, 0.1) is 11.8 Å². The molecule has 168 valence electrons. The number of aryl methyl sites for hydroxylation is 1. The highest BCUT2D eigenvalue weighted by molar-refractivity contribution is 7.99. The molecule has 0 bridgehead atoms. The van der Waals surface area contributed by atoms with Crippen LogP contribution in [0.5, 0.6) is 0 Å². The number of benzene rings is 1. The van der Waals surface area contributed by atoms with Crippen LogP contribution < -0.4 is 5.32 Å². The Balaban J connectivity index is 1.54. The Kier molecular flexibility index (Phi) is 7.25. The second kappa shape index (κ2) is 10.3. The zero-order chi connectivity index (χ0) is 22.5. The molecule has 3 aromatic rings. The lowest BCUT2D eigenvalue weighted by Gasteiger charge is -2.34. The number of nitrogens with one attached hydrogen (secondary N) is 1. The molecule has 0 spiro atoms. The molecule has 1 aromatic carbocycles. The number of rotatable bonds is 7. The summed E-state index contributed by atoms with van der Waals surface area (Å²) in [6.07, 6.45) is 7.98. The van der Waals surface area contributed by atoms with Crippen LogP contribution in [0.2, 0.25) is 0 Å². The van der Waals surface area contributed by atoms with Crippen molar-refractivity contribution in [2.24, 2.45) is 11.8 Å². The van der Waals surface area contributed by atoms with Gasteiger partial charge in [-0.2, -0.15) is 0 Å². The van der Waals surface area contributed by atoms with Crippen LogP contribution in [0.15, 0.2) is 53.9 Å². The third-order valence-electron chi connectivity index (χ3n) is 6.56. The summed E-state index contributed by atoms with van der Waals surface area (Å²) in [6.45, 7) is 6.67. The molecule has 1 fully saturated rings. The first kappa shape index (κ1) is 22.5. The average Bonchev–Trinajstić information content (AvgIpc) is 3.25. The number of aromatic nitrogens is 4. The predicted octanol–water partition coefficient (Wildman–Crippen LogP) is 4.92. The summed E-state index contributed by atoms with van der Waals surface area (Å²) < 4.78 is 2.03. The van der Waals surface area contributed by atoms with Gasteiger partial charge in [0, 0.05) is 29.7 Å². The third kappa shape index (κ3) is 5.04. The molecule has 1 aliphatic rings. The molecule has 32 heavy (non-hydrogen) atoms. The maximum atomic E-state index is 12.7. The van der Waals surface area contributed by atoms with Crippen molar-refractivity contribution in [3.8, 4) is 17.1 Å². The fraction of sp³-hybridized carbons (Fsp3) is 0.440. The number of amides is 1. The minimum absolute atomic E-state index is 0.0577. The number of carbonyl (C=O) groups is 1. The second-order valence-electron chi connectivity index (χ2n) is 8.63. The van der Waals surface area contributed by atoms with Gasteiger partial charge < -0.3 is 5.32 Å². The molecular weight excluding hydrogens is 418 g/mol. The summed E-state index contributed by atoms with van der Waals surface area (Å²) in [4.78, 5) is 16.9. The first-order valence-corrected chi connectivity index (χ1v) is 12.4. The Morgan fingerprint density at radius 3 is 2.56 bits per heavy atom. The van der Waals surface area contributed by atoms with Gasteiger partial charge >= 0.3 is 0 Å². The zero-order valence-corrected chi connectivity index (χ0v) is 19.8. The highest BCUT2D eigenvalue weighted by Gasteiger charge is 2.28. The van der Waals surface area contributed by atoms with Crippen molar-refractivity contribution in [2.75, 3.05) is 5.75 Å². The van der Waals surface area contributed by atoms with E-state index >= 15 is 0 Å². The highest BCUT2D eigenvalue weighted by Crippen LogP contribution is 2.30. The number of hydrogen-bond donors (Lipinski definition) is 1. The molecule has 1 N–H and O–H groups in total. The van der Waals surface area contributed by atoms with E-state index in [0.29, 0.717) is 22.7 Å². The van der Waals surface area contributed by atoms with Crippen molar-refractivity contribution < 1.29 is 4.79 Å². The van der Waals surface area contributed by atoms with Gasteiger partial charge in [0.15, 0.2) is 11.0 Å². The molecule has 1 amide bonds. The lowest BCUT2D eigenvalue weighted by molar-refractivity contribution is -0.120. The van der Waals surface area contributed by atoms with Gasteiger partial charge in [0.2, 0.25) is 5.91 Å². The van der Waals surface area contributed by atoms with E-state index in [1.54, 1.807) is 12.4 Å². The third-order valence-corrected chi connectivity index (χ3v) is 7.49. The standard InChI is InChI=1S/C25H31N5OS/c1-4-19-8-10-21(11-9-19)30-24(20-12-14-26-15-13-20)28-29-25(30)32-16-23(31)27-22-7-5-6-17(2)18(22)3/h8-15,17-18,22H,4-7,16H2,1-3H3,(H,27,31)/t17-,18-,22-/m1/s1. The zero-order valence-electron chi connectivity index (χ0n) is 19.0. The Hall–Kier alpha value is -2.67. The molecule has 4 rings (SSSR count). The largest absolute Gasteiger partial charge is 0.352 e. The van der Waals surface area contributed by atoms with Gasteiger partial charge in [-0.05, 0) is 54.5 Å². The van der Waals surface area contributed by atoms with E-state index in [1.165, 1.54) is 30.2 Å². The lowest BCUT2D eigenvalue weighted by atomic mass is 9.78. The van der Waals surface area contributed by atoms with Gasteiger partial charge in [-0.15, -0.1) is 10.2 Å². The SMILES string of the molecule is CCc1ccc(-n2c(SCC(=O)N[C@@H]3CCC[C@@H](C)[C@H]3C)nnc2-c2ccncc2)cc1. The molecule has 1 saturated carbocycles. The summed E-state index contributed by atoms with van der Waals surface area (Å²) >= 11 is 1.43. The van der Waals surface area contributed by atoms with Gasteiger partial charge in [0.05, 0.1) is 5.75 Å². The molecule has 0 radical (unpaired) electrons. The lowest BCUT2D eigenvalue weighted by Crippen LogP contribution is -2.44. The Morgan fingerprint density at radius 2 is 1.84 bits per heavy atom. The fourth-order valence-corrected chi connectivity index (χ4v) is 5.09. The maximum Gasteiger partial charge on any atom is 0.230 e. The second-order valence-corrected chi connectivity index (χ2v) is 9.57. The number of carbonyl (C=O) groups excluding carboxylic acids is 1. The summed E-state index contributed by atoms with van der Waals surface area (Å²) in [7, 11) is 0. The van der Waals surface area contributed by atoms with Crippen molar-refractivity contribution in [3.05, 3.63) is 54.4 Å². The van der Waals surface area contributed by atoms with E-state index in [-0.39, 0.29) is 11.9 Å². The number of nitrogens with zero attached hydrogens (tertiary/aromatic N) is 4. The molecule has 3 atom stereocenters. The van der Waals surface area contributed by atoms with Gasteiger partial charge in [0.25, 0.3) is 0 Å². The first-order chi connectivity index (χ1) is 15.6. The minimum atomic E-state index is 0.0577. The molecular formula is C25H31N5OS. The van der Waals surface area contributed by atoms with Crippen LogP contribution in [0.25, 0.3) is 17.1 Å². The van der Waals surface area contributed by atoms with Crippen LogP contribution in [0.4, 0.5) is 0 Å². The summed E-state index contributed by atoms with van der Waals surface area (Å²) in [5.74, 6) is 2.28. The maximum absolute atomic E-state index is 12.7. The van der Waals surface area contributed by atoms with Crippen LogP contribution in [-0.4, -0.2) is 37.5 Å². The van der Waals surface area contributed by atoms with Crippen LogP contribution in [0.1, 0.15) is 45.6 Å². The number of pyridine rings is 1. The monoisotopic (exact) mass is 449 g/mol. The Morgan fingerprint density at radius 1 is 1.09 bits per heavy atom. The first-order valence-electron chi connectivity index (χ1n) is 11.4. The van der Waals surface area contributed by atoms with Crippen LogP contribution >= 0.6 is 11.8 Å². The fourth-order valence-electron chi connectivity index (χ4n) is 4.33. The summed E-state index contributed by atoms with van der Waals surface area (Å²) in [5, 5.41) is 12.9. The van der Waals surface area contributed by atoms with E-state index in [0.717, 1.165) is 29.9 Å². The van der Waals surface area contributed by atoms with E-state index in [4.69, 9.17) is 0 Å². The van der Waals surface area contributed by atoms with Gasteiger partial charge in [-0.25, -0.2) is 0 Å².